The lowest BCUT2D eigenvalue weighted by Gasteiger charge is -2.05. The van der Waals surface area contributed by atoms with Gasteiger partial charge in [0.25, 0.3) is 0 Å². The first-order valence-electron chi connectivity index (χ1n) is 6.58. The van der Waals surface area contributed by atoms with E-state index in [0.29, 0.717) is 11.4 Å². The topological polar surface area (TPSA) is 97.6 Å². The van der Waals surface area contributed by atoms with E-state index in [1.165, 1.54) is 0 Å². The molecule has 0 aromatic carbocycles. The van der Waals surface area contributed by atoms with Gasteiger partial charge in [0.15, 0.2) is 0 Å². The van der Waals surface area contributed by atoms with Crippen LogP contribution in [0.4, 0.5) is 10.5 Å². The van der Waals surface area contributed by atoms with Crippen LogP contribution in [0.3, 0.4) is 0 Å². The Balaban J connectivity index is 1.56. The van der Waals surface area contributed by atoms with Crippen LogP contribution in [0.15, 0.2) is 55.2 Å². The van der Waals surface area contributed by atoms with Gasteiger partial charge in [-0.15, -0.1) is 5.10 Å². The lowest BCUT2D eigenvalue weighted by atomic mass is 10.4. The molecule has 0 fully saturated rings. The molecule has 0 unspecified atom stereocenters. The third kappa shape index (κ3) is 3.42. The number of nitrogens with one attached hydrogen (secondary N) is 2. The predicted octanol–water partition coefficient (Wildman–Crippen LogP) is 1.38. The number of rotatable bonds is 4. The summed E-state index contributed by atoms with van der Waals surface area (Å²) in [4.78, 5) is 19.6. The average molecular weight is 295 g/mol. The van der Waals surface area contributed by atoms with E-state index in [1.807, 2.05) is 12.1 Å². The molecule has 0 atom stereocenters. The fraction of sp³-hybridized carbons (Fsp3) is 0.0714. The standard InChI is InChI=1S/C14H13N7O/c22-14(18-11-2-1-5-16-8-11)17-9-12-10-21(20-19-12)13-3-6-15-7-4-13/h1-8,10H,9H2,(H2,17,18,22). The van der Waals surface area contributed by atoms with Crippen molar-refractivity contribution in [2.45, 2.75) is 6.54 Å². The highest BCUT2D eigenvalue weighted by atomic mass is 16.2. The highest BCUT2D eigenvalue weighted by Crippen LogP contribution is 2.05. The Morgan fingerprint density at radius 1 is 1.14 bits per heavy atom. The molecule has 8 heteroatoms. The maximum atomic E-state index is 11.7. The molecule has 2 amide bonds. The number of hydrogen-bond donors (Lipinski definition) is 2. The largest absolute Gasteiger partial charge is 0.332 e. The first kappa shape index (κ1) is 13.7. The second-order valence-corrected chi connectivity index (χ2v) is 4.41. The summed E-state index contributed by atoms with van der Waals surface area (Å²) in [5.74, 6) is 0. The third-order valence-electron chi connectivity index (χ3n) is 2.82. The van der Waals surface area contributed by atoms with Gasteiger partial charge < -0.3 is 10.6 Å². The van der Waals surface area contributed by atoms with Crippen molar-refractivity contribution in [1.29, 1.82) is 0 Å². The summed E-state index contributed by atoms with van der Waals surface area (Å²) in [6.45, 7) is 0.275. The van der Waals surface area contributed by atoms with E-state index in [-0.39, 0.29) is 12.6 Å². The highest BCUT2D eigenvalue weighted by molar-refractivity contribution is 5.88. The van der Waals surface area contributed by atoms with Gasteiger partial charge in [0.05, 0.1) is 30.3 Å². The zero-order valence-corrected chi connectivity index (χ0v) is 11.5. The maximum absolute atomic E-state index is 11.7. The van der Waals surface area contributed by atoms with Gasteiger partial charge in [0.1, 0.15) is 5.69 Å². The third-order valence-corrected chi connectivity index (χ3v) is 2.82. The van der Waals surface area contributed by atoms with Crippen molar-refractivity contribution in [1.82, 2.24) is 30.3 Å². The second-order valence-electron chi connectivity index (χ2n) is 4.41. The van der Waals surface area contributed by atoms with E-state index in [1.54, 1.807) is 47.8 Å². The average Bonchev–Trinajstić information content (AvgIpc) is 3.04. The lowest BCUT2D eigenvalue weighted by Crippen LogP contribution is -2.28. The Morgan fingerprint density at radius 2 is 2.00 bits per heavy atom. The quantitative estimate of drug-likeness (QED) is 0.757. The van der Waals surface area contributed by atoms with E-state index in [2.05, 4.69) is 30.9 Å². The molecule has 0 bridgehead atoms. The van der Waals surface area contributed by atoms with Crippen LogP contribution in [0.5, 0.6) is 0 Å². The molecule has 0 radical (unpaired) electrons. The van der Waals surface area contributed by atoms with Crippen molar-refractivity contribution >= 4 is 11.7 Å². The molecule has 0 aliphatic heterocycles. The second kappa shape index (κ2) is 6.44. The number of amides is 2. The predicted molar refractivity (Wildman–Crippen MR) is 79.2 cm³/mol. The van der Waals surface area contributed by atoms with Gasteiger partial charge in [-0.3, -0.25) is 9.97 Å². The molecule has 0 spiro atoms. The van der Waals surface area contributed by atoms with Crippen molar-refractivity contribution in [3.8, 4) is 5.69 Å². The molecule has 3 heterocycles. The van der Waals surface area contributed by atoms with Crippen LogP contribution in [-0.4, -0.2) is 31.0 Å². The molecule has 22 heavy (non-hydrogen) atoms. The summed E-state index contributed by atoms with van der Waals surface area (Å²) in [5.41, 5.74) is 2.13. The van der Waals surface area contributed by atoms with Crippen molar-refractivity contribution in [3.05, 3.63) is 60.9 Å². The fourth-order valence-electron chi connectivity index (χ4n) is 1.79. The SMILES string of the molecule is O=C(NCc1cn(-c2ccncc2)nn1)Nc1cccnc1. The molecule has 3 rings (SSSR count). The van der Waals surface area contributed by atoms with Crippen LogP contribution >= 0.6 is 0 Å². The van der Waals surface area contributed by atoms with Gasteiger partial charge in [-0.1, -0.05) is 5.21 Å². The van der Waals surface area contributed by atoms with E-state index < -0.39 is 0 Å². The summed E-state index contributed by atoms with van der Waals surface area (Å²) in [6.07, 6.45) is 8.31. The van der Waals surface area contributed by atoms with Crippen molar-refractivity contribution in [3.63, 3.8) is 0 Å². The Bertz CT molecular complexity index is 742. The molecule has 0 saturated heterocycles. The van der Waals surface area contributed by atoms with Crippen LogP contribution < -0.4 is 10.6 Å². The summed E-state index contributed by atoms with van der Waals surface area (Å²) in [5, 5.41) is 13.4. The summed E-state index contributed by atoms with van der Waals surface area (Å²) in [7, 11) is 0. The molecule has 0 saturated carbocycles. The molecule has 110 valence electrons. The first-order valence-corrected chi connectivity index (χ1v) is 6.58. The van der Waals surface area contributed by atoms with E-state index in [4.69, 9.17) is 0 Å². The molecule has 0 aliphatic rings. The van der Waals surface area contributed by atoms with Crippen LogP contribution in [0, 0.1) is 0 Å². The number of hydrogen-bond acceptors (Lipinski definition) is 5. The summed E-state index contributed by atoms with van der Waals surface area (Å²) >= 11 is 0. The Kier molecular flexibility index (Phi) is 4.01. The normalized spacial score (nSPS) is 10.2. The van der Waals surface area contributed by atoms with Crippen molar-refractivity contribution in [2.75, 3.05) is 5.32 Å². The number of urea groups is 1. The van der Waals surface area contributed by atoms with E-state index >= 15 is 0 Å². The zero-order valence-electron chi connectivity index (χ0n) is 11.5. The number of carbonyl (C=O) groups is 1. The number of pyridine rings is 2. The van der Waals surface area contributed by atoms with Gasteiger partial charge in [0, 0.05) is 18.6 Å². The highest BCUT2D eigenvalue weighted by Gasteiger charge is 2.05. The zero-order chi connectivity index (χ0) is 15.2. The Hall–Kier alpha value is -3.29. The molecular weight excluding hydrogens is 282 g/mol. The number of aromatic nitrogens is 5. The van der Waals surface area contributed by atoms with Crippen LogP contribution in [-0.2, 0) is 6.54 Å². The maximum Gasteiger partial charge on any atom is 0.319 e. The molecule has 2 N–H and O–H groups in total. The Labute approximate surface area is 126 Å². The summed E-state index contributed by atoms with van der Waals surface area (Å²) in [6, 6.07) is 6.82. The molecule has 8 nitrogen and oxygen atoms in total. The fourth-order valence-corrected chi connectivity index (χ4v) is 1.79. The smallest absolute Gasteiger partial charge is 0.319 e. The molecule has 3 aromatic rings. The lowest BCUT2D eigenvalue weighted by molar-refractivity contribution is 0.251. The number of anilines is 1. The Morgan fingerprint density at radius 3 is 2.77 bits per heavy atom. The van der Waals surface area contributed by atoms with E-state index in [0.717, 1.165) is 5.69 Å². The van der Waals surface area contributed by atoms with Crippen LogP contribution in [0.2, 0.25) is 0 Å². The molecular formula is C14H13N7O. The minimum Gasteiger partial charge on any atom is -0.332 e. The van der Waals surface area contributed by atoms with Gasteiger partial charge in [-0.2, -0.15) is 0 Å². The van der Waals surface area contributed by atoms with Gasteiger partial charge in [-0.25, -0.2) is 9.48 Å². The minimum absolute atomic E-state index is 0.275. The monoisotopic (exact) mass is 295 g/mol. The minimum atomic E-state index is -0.327. The number of carbonyl (C=O) groups excluding carboxylic acids is 1. The van der Waals surface area contributed by atoms with Crippen molar-refractivity contribution in [2.24, 2.45) is 0 Å². The molecule has 3 aromatic heterocycles. The van der Waals surface area contributed by atoms with Gasteiger partial charge >= 0.3 is 6.03 Å². The summed E-state index contributed by atoms with van der Waals surface area (Å²) < 4.78 is 1.62. The van der Waals surface area contributed by atoms with E-state index in [9.17, 15) is 4.79 Å². The van der Waals surface area contributed by atoms with Crippen LogP contribution in [0.25, 0.3) is 5.69 Å². The van der Waals surface area contributed by atoms with Crippen LogP contribution in [0.1, 0.15) is 5.69 Å². The first-order chi connectivity index (χ1) is 10.8. The number of nitrogens with zero attached hydrogens (tertiary/aromatic N) is 5. The molecule has 0 aliphatic carbocycles. The van der Waals surface area contributed by atoms with Gasteiger partial charge in [0.2, 0.25) is 0 Å². The van der Waals surface area contributed by atoms with Crippen molar-refractivity contribution < 1.29 is 4.79 Å². The van der Waals surface area contributed by atoms with Gasteiger partial charge in [-0.05, 0) is 24.3 Å².